The summed E-state index contributed by atoms with van der Waals surface area (Å²) in [6, 6.07) is 4.08. The minimum atomic E-state index is 0.415. The molecular weight excluding hydrogens is 230 g/mol. The largest absolute Gasteiger partial charge is 0.329 e. The van der Waals surface area contributed by atoms with Crippen molar-refractivity contribution in [3.05, 3.63) is 22.6 Å². The van der Waals surface area contributed by atoms with Crippen LogP contribution in [0, 0.1) is 17.1 Å². The lowest BCUT2D eigenvalue weighted by atomic mass is 9.70. The maximum absolute atomic E-state index is 5.40. The van der Waals surface area contributed by atoms with E-state index in [0.29, 0.717) is 5.41 Å². The molecular formula is C13H17N3S. The van der Waals surface area contributed by atoms with Gasteiger partial charge in [-0.25, -0.2) is 4.98 Å². The van der Waals surface area contributed by atoms with Gasteiger partial charge in [-0.2, -0.15) is 0 Å². The molecule has 1 fully saturated rings. The number of nitrogens with zero attached hydrogens (tertiary/aromatic N) is 2. The third kappa shape index (κ3) is 1.80. The molecule has 2 aromatic heterocycles. The molecule has 0 saturated heterocycles. The fraction of sp³-hybridized carbons (Fsp3) is 0.538. The molecule has 1 aliphatic rings. The number of fused-ring (bicyclic) bond motifs is 1. The molecule has 0 spiro atoms. The highest BCUT2D eigenvalue weighted by molar-refractivity contribution is 7.71. The van der Waals surface area contributed by atoms with E-state index in [4.69, 9.17) is 12.2 Å². The topological polar surface area (TPSA) is 33.6 Å². The zero-order valence-electron chi connectivity index (χ0n) is 10.3. The summed E-state index contributed by atoms with van der Waals surface area (Å²) in [5.41, 5.74) is 3.50. The lowest BCUT2D eigenvalue weighted by Gasteiger charge is -2.38. The van der Waals surface area contributed by atoms with Crippen LogP contribution in [0.2, 0.25) is 0 Å². The van der Waals surface area contributed by atoms with Gasteiger partial charge in [0.25, 0.3) is 0 Å². The number of hydrogen-bond acceptors (Lipinski definition) is 2. The number of aromatic nitrogens is 3. The molecule has 0 aliphatic heterocycles. The van der Waals surface area contributed by atoms with Gasteiger partial charge in [-0.1, -0.05) is 13.3 Å². The normalized spacial score (nSPS) is 18.2. The minimum Gasteiger partial charge on any atom is -0.329 e. The fourth-order valence-corrected chi connectivity index (χ4v) is 2.85. The van der Waals surface area contributed by atoms with Gasteiger partial charge in [0.1, 0.15) is 0 Å². The summed E-state index contributed by atoms with van der Waals surface area (Å²) in [6.45, 7) is 5.35. The van der Waals surface area contributed by atoms with Gasteiger partial charge in [-0.05, 0) is 49.5 Å². The van der Waals surface area contributed by atoms with Crippen LogP contribution in [0.15, 0.2) is 12.1 Å². The average molecular weight is 247 g/mol. The Hall–Kier alpha value is -1.16. The van der Waals surface area contributed by atoms with Crippen LogP contribution in [0.3, 0.4) is 0 Å². The Morgan fingerprint density at radius 2 is 2.24 bits per heavy atom. The first kappa shape index (κ1) is 11.0. The van der Waals surface area contributed by atoms with Gasteiger partial charge < -0.3 is 9.55 Å². The van der Waals surface area contributed by atoms with Crippen molar-refractivity contribution in [1.82, 2.24) is 14.5 Å². The third-order valence-corrected chi connectivity index (χ3v) is 4.18. The second-order valence-electron chi connectivity index (χ2n) is 5.50. The van der Waals surface area contributed by atoms with Crippen molar-refractivity contribution in [1.29, 1.82) is 0 Å². The average Bonchev–Trinajstić information content (AvgIpc) is 2.53. The number of aryl methyl sites for hydroxylation is 1. The SMILES string of the molecule is Cc1ccc2[nH]c(=S)n(CC3(C)CCC3)c2n1. The second kappa shape index (κ2) is 3.67. The van der Waals surface area contributed by atoms with Gasteiger partial charge >= 0.3 is 0 Å². The van der Waals surface area contributed by atoms with Crippen molar-refractivity contribution in [2.24, 2.45) is 5.41 Å². The lowest BCUT2D eigenvalue weighted by Crippen LogP contribution is -2.30. The molecule has 1 saturated carbocycles. The second-order valence-corrected chi connectivity index (χ2v) is 5.89. The predicted molar refractivity (Wildman–Crippen MR) is 71.6 cm³/mol. The van der Waals surface area contributed by atoms with Gasteiger partial charge in [0.15, 0.2) is 10.4 Å². The van der Waals surface area contributed by atoms with E-state index < -0.39 is 0 Å². The molecule has 2 aromatic rings. The third-order valence-electron chi connectivity index (χ3n) is 3.86. The van der Waals surface area contributed by atoms with Gasteiger partial charge in [-0.15, -0.1) is 0 Å². The number of rotatable bonds is 2. The van der Waals surface area contributed by atoms with Gasteiger partial charge in [0, 0.05) is 12.2 Å². The molecule has 0 radical (unpaired) electrons. The van der Waals surface area contributed by atoms with E-state index in [9.17, 15) is 0 Å². The Bertz CT molecular complexity index is 619. The fourth-order valence-electron chi connectivity index (χ4n) is 2.59. The van der Waals surface area contributed by atoms with Crippen LogP contribution in [0.5, 0.6) is 0 Å². The number of H-pyrrole nitrogens is 1. The Labute approximate surface area is 106 Å². The summed E-state index contributed by atoms with van der Waals surface area (Å²) in [5.74, 6) is 0. The first-order valence-corrected chi connectivity index (χ1v) is 6.54. The first-order chi connectivity index (χ1) is 8.07. The van der Waals surface area contributed by atoms with E-state index in [1.165, 1.54) is 19.3 Å². The summed E-state index contributed by atoms with van der Waals surface area (Å²) >= 11 is 5.40. The van der Waals surface area contributed by atoms with Crippen LogP contribution in [0.4, 0.5) is 0 Å². The molecule has 4 heteroatoms. The van der Waals surface area contributed by atoms with Crippen molar-refractivity contribution in [2.45, 2.75) is 39.7 Å². The summed E-state index contributed by atoms with van der Waals surface area (Å²) in [5, 5.41) is 0. The van der Waals surface area contributed by atoms with E-state index in [1.54, 1.807) is 0 Å². The highest BCUT2D eigenvalue weighted by Crippen LogP contribution is 2.42. The van der Waals surface area contributed by atoms with Crippen molar-refractivity contribution >= 4 is 23.4 Å². The molecule has 1 N–H and O–H groups in total. The van der Waals surface area contributed by atoms with Gasteiger partial charge in [0.05, 0.1) is 5.52 Å². The number of aromatic amines is 1. The number of nitrogens with one attached hydrogen (secondary N) is 1. The standard InChI is InChI=1S/C13H17N3S/c1-9-4-5-10-11(14-9)16(12(17)15-10)8-13(2)6-3-7-13/h4-5H,3,6-8H2,1-2H3,(H,15,17). The summed E-state index contributed by atoms with van der Waals surface area (Å²) in [7, 11) is 0. The van der Waals surface area contributed by atoms with E-state index in [1.807, 2.05) is 13.0 Å². The summed E-state index contributed by atoms with van der Waals surface area (Å²) in [6.07, 6.45) is 3.94. The van der Waals surface area contributed by atoms with Gasteiger partial charge in [-0.3, -0.25) is 0 Å². The molecule has 17 heavy (non-hydrogen) atoms. The summed E-state index contributed by atoms with van der Waals surface area (Å²) in [4.78, 5) is 7.84. The maximum Gasteiger partial charge on any atom is 0.179 e. The zero-order valence-corrected chi connectivity index (χ0v) is 11.1. The zero-order chi connectivity index (χ0) is 12.0. The van der Waals surface area contributed by atoms with E-state index in [-0.39, 0.29) is 0 Å². The van der Waals surface area contributed by atoms with Crippen LogP contribution < -0.4 is 0 Å². The molecule has 0 atom stereocenters. The van der Waals surface area contributed by atoms with Crippen molar-refractivity contribution < 1.29 is 0 Å². The van der Waals surface area contributed by atoms with E-state index in [2.05, 4.69) is 27.5 Å². The monoisotopic (exact) mass is 247 g/mol. The lowest BCUT2D eigenvalue weighted by molar-refractivity contribution is 0.133. The highest BCUT2D eigenvalue weighted by Gasteiger charge is 2.32. The van der Waals surface area contributed by atoms with Crippen molar-refractivity contribution in [2.75, 3.05) is 0 Å². The van der Waals surface area contributed by atoms with Crippen LogP contribution >= 0.6 is 12.2 Å². The Morgan fingerprint density at radius 3 is 2.88 bits per heavy atom. The number of pyridine rings is 1. The van der Waals surface area contributed by atoms with Crippen LogP contribution in [-0.4, -0.2) is 14.5 Å². The molecule has 3 nitrogen and oxygen atoms in total. The molecule has 0 amide bonds. The first-order valence-electron chi connectivity index (χ1n) is 6.14. The molecule has 3 rings (SSSR count). The quantitative estimate of drug-likeness (QED) is 0.823. The van der Waals surface area contributed by atoms with Crippen LogP contribution in [-0.2, 0) is 6.54 Å². The molecule has 0 bridgehead atoms. The Kier molecular flexibility index (Phi) is 2.36. The highest BCUT2D eigenvalue weighted by atomic mass is 32.1. The van der Waals surface area contributed by atoms with Crippen LogP contribution in [0.1, 0.15) is 31.9 Å². The van der Waals surface area contributed by atoms with Crippen LogP contribution in [0.25, 0.3) is 11.2 Å². The number of hydrogen-bond donors (Lipinski definition) is 1. The van der Waals surface area contributed by atoms with Gasteiger partial charge in [0.2, 0.25) is 0 Å². The molecule has 0 aromatic carbocycles. The smallest absolute Gasteiger partial charge is 0.179 e. The molecule has 2 heterocycles. The van der Waals surface area contributed by atoms with Crippen molar-refractivity contribution in [3.8, 4) is 0 Å². The maximum atomic E-state index is 5.40. The Morgan fingerprint density at radius 1 is 1.47 bits per heavy atom. The van der Waals surface area contributed by atoms with E-state index in [0.717, 1.165) is 28.2 Å². The molecule has 1 aliphatic carbocycles. The minimum absolute atomic E-state index is 0.415. The van der Waals surface area contributed by atoms with E-state index >= 15 is 0 Å². The number of imidazole rings is 1. The predicted octanol–water partition coefficient (Wildman–Crippen LogP) is 3.59. The Balaban J connectivity index is 2.11. The van der Waals surface area contributed by atoms with Crippen molar-refractivity contribution in [3.63, 3.8) is 0 Å². The summed E-state index contributed by atoms with van der Waals surface area (Å²) < 4.78 is 2.96. The molecule has 90 valence electrons. The molecule has 0 unspecified atom stereocenters.